The van der Waals surface area contributed by atoms with Gasteiger partial charge in [0.05, 0.1) is 11.5 Å². The van der Waals surface area contributed by atoms with Gasteiger partial charge in [0.25, 0.3) is 5.69 Å². The van der Waals surface area contributed by atoms with Crippen LogP contribution in [0, 0.1) is 10.1 Å². The summed E-state index contributed by atoms with van der Waals surface area (Å²) in [6, 6.07) is 4.38. The molecule has 2 fully saturated rings. The molecule has 2 N–H and O–H groups in total. The lowest BCUT2D eigenvalue weighted by atomic mass is 10.1. The number of likely N-dealkylation sites (tertiary alicyclic amines) is 1. The number of amides is 2. The Bertz CT molecular complexity index is 753. The number of carbonyl (C=O) groups is 2. The Labute approximate surface area is 170 Å². The van der Waals surface area contributed by atoms with Gasteiger partial charge in [0, 0.05) is 63.0 Å². The SMILES string of the molecule is NC(=O)c1ccc(CN2CCN(CC(=O)N3CCCCCC3)CC2)c([N+](=O)[O-])c1. The van der Waals surface area contributed by atoms with Gasteiger partial charge in [0.2, 0.25) is 11.8 Å². The third-order valence-electron chi connectivity index (χ3n) is 5.74. The van der Waals surface area contributed by atoms with Crippen LogP contribution in [0.1, 0.15) is 41.6 Å². The lowest BCUT2D eigenvalue weighted by Gasteiger charge is -2.35. The number of nitro groups is 1. The van der Waals surface area contributed by atoms with Crippen molar-refractivity contribution >= 4 is 17.5 Å². The molecule has 2 heterocycles. The second-order valence-corrected chi connectivity index (χ2v) is 7.81. The summed E-state index contributed by atoms with van der Waals surface area (Å²) in [4.78, 5) is 41.0. The summed E-state index contributed by atoms with van der Waals surface area (Å²) in [6.07, 6.45) is 4.59. The standard InChI is InChI=1S/C20H29N5O4/c21-20(27)16-5-6-17(18(13-16)25(28)29)14-22-9-11-23(12-10-22)15-19(26)24-7-3-1-2-4-8-24/h5-6,13H,1-4,7-12,14-15H2,(H2,21,27). The van der Waals surface area contributed by atoms with Crippen molar-refractivity contribution in [3.63, 3.8) is 0 Å². The minimum Gasteiger partial charge on any atom is -0.366 e. The van der Waals surface area contributed by atoms with E-state index >= 15 is 0 Å². The van der Waals surface area contributed by atoms with Gasteiger partial charge in [-0.15, -0.1) is 0 Å². The number of carbonyl (C=O) groups excluding carboxylic acids is 2. The first-order valence-corrected chi connectivity index (χ1v) is 10.2. The van der Waals surface area contributed by atoms with Gasteiger partial charge >= 0.3 is 0 Å². The first-order chi connectivity index (χ1) is 13.9. The fourth-order valence-corrected chi connectivity index (χ4v) is 3.98. The van der Waals surface area contributed by atoms with Crippen LogP contribution in [0.5, 0.6) is 0 Å². The van der Waals surface area contributed by atoms with E-state index in [0.717, 1.165) is 52.1 Å². The Morgan fingerprint density at radius 1 is 0.966 bits per heavy atom. The molecule has 0 unspecified atom stereocenters. The Hall–Kier alpha value is -2.52. The highest BCUT2D eigenvalue weighted by molar-refractivity contribution is 5.93. The second kappa shape index (κ2) is 9.80. The summed E-state index contributed by atoms with van der Waals surface area (Å²) in [7, 11) is 0. The molecule has 2 saturated heterocycles. The zero-order valence-electron chi connectivity index (χ0n) is 16.7. The molecule has 0 atom stereocenters. The number of hydrogen-bond acceptors (Lipinski definition) is 6. The zero-order chi connectivity index (χ0) is 20.8. The van der Waals surface area contributed by atoms with Gasteiger partial charge in [-0.3, -0.25) is 29.5 Å². The van der Waals surface area contributed by atoms with Gasteiger partial charge in [0.1, 0.15) is 0 Å². The molecule has 2 amide bonds. The summed E-state index contributed by atoms with van der Waals surface area (Å²) in [5.41, 5.74) is 5.84. The predicted octanol–water partition coefficient (Wildman–Crippen LogP) is 1.21. The van der Waals surface area contributed by atoms with E-state index in [2.05, 4.69) is 9.80 Å². The molecule has 0 radical (unpaired) electrons. The highest BCUT2D eigenvalue weighted by Gasteiger charge is 2.24. The van der Waals surface area contributed by atoms with Crippen molar-refractivity contribution in [1.82, 2.24) is 14.7 Å². The maximum absolute atomic E-state index is 12.6. The van der Waals surface area contributed by atoms with Crippen molar-refractivity contribution in [3.05, 3.63) is 39.4 Å². The van der Waals surface area contributed by atoms with Gasteiger partial charge in [0.15, 0.2) is 0 Å². The number of nitrogens with two attached hydrogens (primary N) is 1. The molecule has 0 aliphatic carbocycles. The van der Waals surface area contributed by atoms with Crippen LogP contribution in [0.25, 0.3) is 0 Å². The number of benzene rings is 1. The Morgan fingerprint density at radius 3 is 2.17 bits per heavy atom. The lowest BCUT2D eigenvalue weighted by molar-refractivity contribution is -0.385. The van der Waals surface area contributed by atoms with E-state index in [1.165, 1.54) is 25.0 Å². The number of nitro benzene ring substituents is 1. The van der Waals surface area contributed by atoms with E-state index in [1.54, 1.807) is 6.07 Å². The van der Waals surface area contributed by atoms with Crippen LogP contribution in [0.4, 0.5) is 5.69 Å². The number of hydrogen-bond donors (Lipinski definition) is 1. The van der Waals surface area contributed by atoms with Crippen LogP contribution in [0.3, 0.4) is 0 Å². The van der Waals surface area contributed by atoms with E-state index < -0.39 is 10.8 Å². The molecule has 0 saturated carbocycles. The van der Waals surface area contributed by atoms with Gasteiger partial charge in [-0.05, 0) is 18.9 Å². The number of piperazine rings is 1. The Kier molecular flexibility index (Phi) is 7.16. The molecule has 1 aromatic carbocycles. The van der Waals surface area contributed by atoms with Crippen molar-refractivity contribution in [3.8, 4) is 0 Å². The minimum absolute atomic E-state index is 0.0833. The first kappa shape index (κ1) is 21.2. The Balaban J connectivity index is 1.52. The lowest BCUT2D eigenvalue weighted by Crippen LogP contribution is -2.49. The quantitative estimate of drug-likeness (QED) is 0.564. The molecular weight excluding hydrogens is 374 g/mol. The molecule has 29 heavy (non-hydrogen) atoms. The van der Waals surface area contributed by atoms with Crippen molar-refractivity contribution in [2.24, 2.45) is 5.73 Å². The van der Waals surface area contributed by atoms with Crippen LogP contribution < -0.4 is 5.73 Å². The van der Waals surface area contributed by atoms with Crippen LogP contribution in [-0.2, 0) is 11.3 Å². The summed E-state index contributed by atoms with van der Waals surface area (Å²) < 4.78 is 0. The molecule has 0 aromatic heterocycles. The molecule has 3 rings (SSSR count). The van der Waals surface area contributed by atoms with Gasteiger partial charge in [-0.25, -0.2) is 0 Å². The number of rotatable bonds is 6. The molecule has 0 spiro atoms. The molecule has 158 valence electrons. The number of primary amides is 1. The van der Waals surface area contributed by atoms with Gasteiger partial charge < -0.3 is 10.6 Å². The molecule has 1 aromatic rings. The van der Waals surface area contributed by atoms with Gasteiger partial charge in [-0.2, -0.15) is 0 Å². The second-order valence-electron chi connectivity index (χ2n) is 7.81. The first-order valence-electron chi connectivity index (χ1n) is 10.2. The smallest absolute Gasteiger partial charge is 0.274 e. The van der Waals surface area contributed by atoms with Crippen molar-refractivity contribution in [2.75, 3.05) is 45.8 Å². The minimum atomic E-state index is -0.678. The van der Waals surface area contributed by atoms with E-state index in [1.807, 2.05) is 4.90 Å². The molecule has 9 nitrogen and oxygen atoms in total. The Morgan fingerprint density at radius 2 is 1.59 bits per heavy atom. The van der Waals surface area contributed by atoms with Gasteiger partial charge in [-0.1, -0.05) is 18.9 Å². The third kappa shape index (κ3) is 5.74. The summed E-state index contributed by atoms with van der Waals surface area (Å²) >= 11 is 0. The van der Waals surface area contributed by atoms with E-state index in [-0.39, 0.29) is 17.2 Å². The van der Waals surface area contributed by atoms with Crippen LogP contribution >= 0.6 is 0 Å². The van der Waals surface area contributed by atoms with Crippen LogP contribution in [-0.4, -0.2) is 77.3 Å². The largest absolute Gasteiger partial charge is 0.366 e. The summed E-state index contributed by atoms with van der Waals surface area (Å²) in [5.74, 6) is -0.472. The highest BCUT2D eigenvalue weighted by atomic mass is 16.6. The molecule has 0 bridgehead atoms. The maximum atomic E-state index is 12.6. The zero-order valence-corrected chi connectivity index (χ0v) is 16.7. The summed E-state index contributed by atoms with van der Waals surface area (Å²) in [6.45, 7) is 5.60. The average Bonchev–Trinajstić information content (AvgIpc) is 2.99. The monoisotopic (exact) mass is 403 g/mol. The average molecular weight is 403 g/mol. The van der Waals surface area contributed by atoms with Crippen molar-refractivity contribution < 1.29 is 14.5 Å². The predicted molar refractivity (Wildman–Crippen MR) is 108 cm³/mol. The highest BCUT2D eigenvalue weighted by Crippen LogP contribution is 2.22. The summed E-state index contributed by atoms with van der Waals surface area (Å²) in [5, 5.41) is 11.4. The van der Waals surface area contributed by atoms with Crippen LogP contribution in [0.2, 0.25) is 0 Å². The molecular formula is C20H29N5O4. The molecule has 2 aliphatic heterocycles. The van der Waals surface area contributed by atoms with E-state index in [9.17, 15) is 19.7 Å². The molecule has 2 aliphatic rings. The fourth-order valence-electron chi connectivity index (χ4n) is 3.98. The van der Waals surface area contributed by atoms with Crippen molar-refractivity contribution in [2.45, 2.75) is 32.2 Å². The fraction of sp³-hybridized carbons (Fsp3) is 0.600. The normalized spacial score (nSPS) is 19.0. The molecule has 9 heteroatoms. The maximum Gasteiger partial charge on any atom is 0.274 e. The van der Waals surface area contributed by atoms with Crippen LogP contribution in [0.15, 0.2) is 18.2 Å². The topological polar surface area (TPSA) is 113 Å². The van der Waals surface area contributed by atoms with E-state index in [0.29, 0.717) is 18.7 Å². The van der Waals surface area contributed by atoms with E-state index in [4.69, 9.17) is 5.73 Å². The third-order valence-corrected chi connectivity index (χ3v) is 5.74. The number of nitrogens with zero attached hydrogens (tertiary/aromatic N) is 4. The van der Waals surface area contributed by atoms with Crippen molar-refractivity contribution in [1.29, 1.82) is 0 Å².